The van der Waals surface area contributed by atoms with E-state index in [0.29, 0.717) is 26.1 Å². The minimum absolute atomic E-state index is 0.0164. The van der Waals surface area contributed by atoms with E-state index in [1.807, 2.05) is 30.3 Å². The van der Waals surface area contributed by atoms with E-state index in [1.165, 1.54) is 6.07 Å². The molecule has 1 saturated heterocycles. The number of carbonyl (C=O) groups excluding carboxylic acids is 2. The van der Waals surface area contributed by atoms with Crippen molar-refractivity contribution in [2.75, 3.05) is 13.1 Å². The van der Waals surface area contributed by atoms with E-state index in [0.717, 1.165) is 17.7 Å². The number of aromatic hydroxyl groups is 1. The van der Waals surface area contributed by atoms with Crippen LogP contribution in [0, 0.1) is 11.7 Å². The van der Waals surface area contributed by atoms with Crippen molar-refractivity contribution in [2.45, 2.75) is 13.0 Å². The van der Waals surface area contributed by atoms with Gasteiger partial charge in [0.05, 0.1) is 5.56 Å². The maximum absolute atomic E-state index is 13.0. The fourth-order valence-electron chi connectivity index (χ4n) is 2.98. The van der Waals surface area contributed by atoms with Gasteiger partial charge in [0.15, 0.2) is 0 Å². The monoisotopic (exact) mass is 342 g/mol. The first kappa shape index (κ1) is 17.0. The van der Waals surface area contributed by atoms with Crippen molar-refractivity contribution < 1.29 is 19.1 Å². The number of benzene rings is 2. The molecule has 2 aromatic carbocycles. The highest BCUT2D eigenvalue weighted by Crippen LogP contribution is 2.21. The second-order valence-electron chi connectivity index (χ2n) is 6.20. The minimum atomic E-state index is -0.605. The molecule has 6 heteroatoms. The van der Waals surface area contributed by atoms with Crippen LogP contribution in [0.1, 0.15) is 22.3 Å². The number of halogens is 1. The van der Waals surface area contributed by atoms with Crippen LogP contribution < -0.4 is 5.32 Å². The van der Waals surface area contributed by atoms with Crippen molar-refractivity contribution in [2.24, 2.45) is 5.92 Å². The van der Waals surface area contributed by atoms with Gasteiger partial charge in [0.25, 0.3) is 5.91 Å². The molecule has 0 spiro atoms. The van der Waals surface area contributed by atoms with E-state index >= 15 is 0 Å². The van der Waals surface area contributed by atoms with Crippen LogP contribution in [0.2, 0.25) is 0 Å². The maximum atomic E-state index is 13.0. The molecule has 5 nitrogen and oxygen atoms in total. The topological polar surface area (TPSA) is 69.6 Å². The summed E-state index contributed by atoms with van der Waals surface area (Å²) in [7, 11) is 0. The summed E-state index contributed by atoms with van der Waals surface area (Å²) in [6.07, 6.45) is 0.377. The number of likely N-dealkylation sites (tertiary alicyclic amines) is 1. The summed E-state index contributed by atoms with van der Waals surface area (Å²) < 4.78 is 13.0. The van der Waals surface area contributed by atoms with E-state index in [-0.39, 0.29) is 17.4 Å². The normalized spacial score (nSPS) is 16.9. The quantitative estimate of drug-likeness (QED) is 0.876. The lowest BCUT2D eigenvalue weighted by molar-refractivity contribution is -0.128. The first-order valence-corrected chi connectivity index (χ1v) is 8.11. The summed E-state index contributed by atoms with van der Waals surface area (Å²) in [4.78, 5) is 26.0. The number of nitrogens with zero attached hydrogens (tertiary/aromatic N) is 1. The highest BCUT2D eigenvalue weighted by Gasteiger charge is 2.29. The predicted molar refractivity (Wildman–Crippen MR) is 90.4 cm³/mol. The van der Waals surface area contributed by atoms with E-state index in [1.54, 1.807) is 4.90 Å². The largest absolute Gasteiger partial charge is 0.507 e. The number of phenolic OH excluding ortho intramolecular Hbond substituents is 1. The Morgan fingerprint density at radius 3 is 2.72 bits per heavy atom. The molecule has 0 unspecified atom stereocenters. The summed E-state index contributed by atoms with van der Waals surface area (Å²) in [5.74, 6) is -1.40. The van der Waals surface area contributed by atoms with Crippen LogP contribution in [-0.2, 0) is 11.3 Å². The predicted octanol–water partition coefficient (Wildman–Crippen LogP) is 2.31. The van der Waals surface area contributed by atoms with Crippen molar-refractivity contribution >= 4 is 11.8 Å². The second-order valence-corrected chi connectivity index (χ2v) is 6.20. The zero-order valence-electron chi connectivity index (χ0n) is 13.6. The first-order chi connectivity index (χ1) is 12.0. The van der Waals surface area contributed by atoms with Gasteiger partial charge in [-0.3, -0.25) is 9.59 Å². The summed E-state index contributed by atoms with van der Waals surface area (Å²) >= 11 is 0. The van der Waals surface area contributed by atoms with Gasteiger partial charge in [0.1, 0.15) is 11.6 Å². The molecule has 3 rings (SSSR count). The molecule has 1 aliphatic heterocycles. The molecule has 0 bridgehead atoms. The molecule has 1 aliphatic rings. The summed E-state index contributed by atoms with van der Waals surface area (Å²) in [6, 6.07) is 13.0. The molecule has 0 aromatic heterocycles. The maximum Gasteiger partial charge on any atom is 0.255 e. The van der Waals surface area contributed by atoms with Gasteiger partial charge in [-0.1, -0.05) is 30.3 Å². The number of hydrogen-bond donors (Lipinski definition) is 2. The molecule has 25 heavy (non-hydrogen) atoms. The van der Waals surface area contributed by atoms with Crippen LogP contribution in [0.5, 0.6) is 5.75 Å². The van der Waals surface area contributed by atoms with Crippen molar-refractivity contribution in [1.82, 2.24) is 10.2 Å². The number of carbonyl (C=O) groups is 2. The lowest BCUT2D eigenvalue weighted by Crippen LogP contribution is -2.31. The van der Waals surface area contributed by atoms with E-state index in [2.05, 4.69) is 5.32 Å². The molecule has 130 valence electrons. The molecule has 2 amide bonds. The summed E-state index contributed by atoms with van der Waals surface area (Å²) in [5.41, 5.74) is 1.09. The highest BCUT2D eigenvalue weighted by molar-refractivity contribution is 5.96. The first-order valence-electron chi connectivity index (χ1n) is 8.11. The Labute approximate surface area is 145 Å². The van der Waals surface area contributed by atoms with Crippen LogP contribution in [0.25, 0.3) is 0 Å². The Kier molecular flexibility index (Phi) is 4.97. The van der Waals surface area contributed by atoms with E-state index in [4.69, 9.17) is 0 Å². The molecule has 1 heterocycles. The van der Waals surface area contributed by atoms with Gasteiger partial charge >= 0.3 is 0 Å². The van der Waals surface area contributed by atoms with Gasteiger partial charge in [-0.15, -0.1) is 0 Å². The zero-order valence-corrected chi connectivity index (χ0v) is 13.6. The SMILES string of the molecule is O=C(NC[C@@H]1CC(=O)N(Cc2ccccc2)C1)c1ccc(F)cc1O. The third-order valence-corrected chi connectivity index (χ3v) is 4.27. The van der Waals surface area contributed by atoms with Gasteiger partial charge in [0.2, 0.25) is 5.91 Å². The Hall–Kier alpha value is -2.89. The van der Waals surface area contributed by atoms with Gasteiger partial charge in [-0.05, 0) is 17.7 Å². The Morgan fingerprint density at radius 2 is 2.00 bits per heavy atom. The summed E-state index contributed by atoms with van der Waals surface area (Å²) in [5, 5.41) is 12.3. The van der Waals surface area contributed by atoms with Gasteiger partial charge in [0, 0.05) is 38.0 Å². The number of hydrogen-bond acceptors (Lipinski definition) is 3. The average Bonchev–Trinajstić information content (AvgIpc) is 2.93. The molecular formula is C19H19FN2O3. The molecule has 0 radical (unpaired) electrons. The van der Waals surface area contributed by atoms with Crippen molar-refractivity contribution in [1.29, 1.82) is 0 Å². The van der Waals surface area contributed by atoms with Gasteiger partial charge < -0.3 is 15.3 Å². The lowest BCUT2D eigenvalue weighted by atomic mass is 10.1. The van der Waals surface area contributed by atoms with Crippen LogP contribution in [0.3, 0.4) is 0 Å². The van der Waals surface area contributed by atoms with Crippen LogP contribution in [-0.4, -0.2) is 34.9 Å². The Morgan fingerprint density at radius 1 is 1.24 bits per heavy atom. The number of nitrogens with one attached hydrogen (secondary N) is 1. The van der Waals surface area contributed by atoms with Gasteiger partial charge in [-0.25, -0.2) is 4.39 Å². The smallest absolute Gasteiger partial charge is 0.255 e. The third-order valence-electron chi connectivity index (χ3n) is 4.27. The Balaban J connectivity index is 1.54. The molecular weight excluding hydrogens is 323 g/mol. The third kappa shape index (κ3) is 4.15. The van der Waals surface area contributed by atoms with Crippen LogP contribution in [0.4, 0.5) is 4.39 Å². The minimum Gasteiger partial charge on any atom is -0.507 e. The molecule has 2 aromatic rings. The standard InChI is InChI=1S/C19H19FN2O3/c20-15-6-7-16(17(23)9-15)19(25)21-10-14-8-18(24)22(12-14)11-13-4-2-1-3-5-13/h1-7,9,14,23H,8,10-12H2,(H,21,25)/t14-/m0/s1. The summed E-state index contributed by atoms with van der Waals surface area (Å²) in [6.45, 7) is 1.46. The highest BCUT2D eigenvalue weighted by atomic mass is 19.1. The molecule has 0 saturated carbocycles. The Bertz CT molecular complexity index is 779. The van der Waals surface area contributed by atoms with Crippen molar-refractivity contribution in [3.8, 4) is 5.75 Å². The lowest BCUT2D eigenvalue weighted by Gasteiger charge is -2.17. The molecule has 1 atom stereocenters. The van der Waals surface area contributed by atoms with Crippen LogP contribution in [0.15, 0.2) is 48.5 Å². The zero-order chi connectivity index (χ0) is 17.8. The number of phenols is 1. The van der Waals surface area contributed by atoms with Crippen LogP contribution >= 0.6 is 0 Å². The van der Waals surface area contributed by atoms with Crippen molar-refractivity contribution in [3.05, 3.63) is 65.5 Å². The molecule has 0 aliphatic carbocycles. The average molecular weight is 342 g/mol. The number of amides is 2. The fourth-order valence-corrected chi connectivity index (χ4v) is 2.98. The van der Waals surface area contributed by atoms with Crippen molar-refractivity contribution in [3.63, 3.8) is 0 Å². The van der Waals surface area contributed by atoms with E-state index < -0.39 is 17.5 Å². The van der Waals surface area contributed by atoms with Gasteiger partial charge in [-0.2, -0.15) is 0 Å². The van der Waals surface area contributed by atoms with E-state index in [9.17, 15) is 19.1 Å². The fraction of sp³-hybridized carbons (Fsp3) is 0.263. The number of rotatable bonds is 5. The molecule has 2 N–H and O–H groups in total. The second kappa shape index (κ2) is 7.34. The molecule has 1 fully saturated rings.